The van der Waals surface area contributed by atoms with Crippen LogP contribution in [0.15, 0.2) is 42.5 Å². The number of piperazine rings is 1. The van der Waals surface area contributed by atoms with Gasteiger partial charge in [-0.3, -0.25) is 14.5 Å². The molecule has 9 nitrogen and oxygen atoms in total. The fourth-order valence-corrected chi connectivity index (χ4v) is 6.25. The van der Waals surface area contributed by atoms with E-state index in [0.717, 1.165) is 41.0 Å². The molecule has 33 heavy (non-hydrogen) atoms. The van der Waals surface area contributed by atoms with Crippen molar-refractivity contribution in [1.29, 1.82) is 0 Å². The summed E-state index contributed by atoms with van der Waals surface area (Å²) in [6, 6.07) is 12.2. The second-order valence-corrected chi connectivity index (χ2v) is 10.5. The van der Waals surface area contributed by atoms with Crippen LogP contribution in [0, 0.1) is 5.92 Å². The third-order valence-electron chi connectivity index (χ3n) is 6.19. The van der Waals surface area contributed by atoms with Gasteiger partial charge in [-0.15, -0.1) is 0 Å². The molecule has 0 aromatic heterocycles. The highest BCUT2D eigenvalue weighted by atomic mass is 32.2. The summed E-state index contributed by atoms with van der Waals surface area (Å²) >= 11 is 0. The van der Waals surface area contributed by atoms with Gasteiger partial charge < -0.3 is 14.4 Å². The lowest BCUT2D eigenvalue weighted by Gasteiger charge is -2.35. The van der Waals surface area contributed by atoms with Gasteiger partial charge >= 0.3 is 0 Å². The molecule has 2 amide bonds. The summed E-state index contributed by atoms with van der Waals surface area (Å²) in [5.41, 5.74) is 1.72. The van der Waals surface area contributed by atoms with Gasteiger partial charge in [0.15, 0.2) is 11.5 Å². The van der Waals surface area contributed by atoms with Gasteiger partial charge in [0.05, 0.1) is 17.4 Å². The van der Waals surface area contributed by atoms with E-state index in [1.165, 1.54) is 6.07 Å². The molecule has 0 saturated carbocycles. The first-order valence-electron chi connectivity index (χ1n) is 10.9. The highest BCUT2D eigenvalue weighted by molar-refractivity contribution is 7.94. The van der Waals surface area contributed by atoms with Crippen LogP contribution in [0.1, 0.15) is 22.8 Å². The molecule has 3 aliphatic heterocycles. The Hall–Kier alpha value is -3.11. The minimum absolute atomic E-state index is 0.170. The number of fused-ring (bicyclic) bond motifs is 1. The summed E-state index contributed by atoms with van der Waals surface area (Å²) in [6.07, 6.45) is 0. The van der Waals surface area contributed by atoms with Gasteiger partial charge in [0, 0.05) is 38.3 Å². The summed E-state index contributed by atoms with van der Waals surface area (Å²) in [7, 11) is -3.71. The van der Waals surface area contributed by atoms with Crippen molar-refractivity contribution in [2.75, 3.05) is 43.0 Å². The lowest BCUT2D eigenvalue weighted by atomic mass is 10.1. The van der Waals surface area contributed by atoms with Crippen LogP contribution in [0.3, 0.4) is 0 Å². The van der Waals surface area contributed by atoms with E-state index in [9.17, 15) is 18.0 Å². The first-order valence-corrected chi connectivity index (χ1v) is 12.5. The average molecular weight is 472 g/mol. The van der Waals surface area contributed by atoms with E-state index < -0.39 is 21.8 Å². The summed E-state index contributed by atoms with van der Waals surface area (Å²) in [5.74, 6) is 0.0824. The molecular formula is C23H25N3O6S. The van der Waals surface area contributed by atoms with Crippen molar-refractivity contribution in [2.24, 2.45) is 5.92 Å². The minimum atomic E-state index is -3.71. The van der Waals surface area contributed by atoms with Crippen molar-refractivity contribution in [2.45, 2.75) is 13.5 Å². The summed E-state index contributed by atoms with van der Waals surface area (Å²) in [5, 5.41) is 0. The maximum atomic E-state index is 13.1. The molecule has 0 N–H and O–H groups in total. The molecule has 3 aliphatic rings. The van der Waals surface area contributed by atoms with Crippen molar-refractivity contribution in [1.82, 2.24) is 9.80 Å². The Balaban J connectivity index is 1.23. The van der Waals surface area contributed by atoms with Crippen molar-refractivity contribution in [3.05, 3.63) is 53.6 Å². The van der Waals surface area contributed by atoms with Crippen LogP contribution in [-0.4, -0.2) is 68.8 Å². The minimum Gasteiger partial charge on any atom is -0.454 e. The van der Waals surface area contributed by atoms with Gasteiger partial charge in [0.25, 0.3) is 5.91 Å². The Bertz CT molecular complexity index is 1210. The molecule has 2 aromatic carbocycles. The molecule has 0 bridgehead atoms. The number of nitrogens with zero attached hydrogens (tertiary/aromatic N) is 3. The lowest BCUT2D eigenvalue weighted by Crippen LogP contribution is -2.48. The van der Waals surface area contributed by atoms with E-state index in [1.54, 1.807) is 30.0 Å². The number of carbonyl (C=O) groups is 2. The Labute approximate surface area is 192 Å². The van der Waals surface area contributed by atoms with Crippen LogP contribution < -0.4 is 13.8 Å². The molecule has 5 rings (SSSR count). The van der Waals surface area contributed by atoms with E-state index in [4.69, 9.17) is 9.47 Å². The number of amides is 2. The SMILES string of the molecule is CC1CS(=O)(=O)N(c2cccc(C(=O)N3CCN(Cc4ccc5c(c4)OCO5)CC3)c2)C1=O. The molecule has 0 aliphatic carbocycles. The highest BCUT2D eigenvalue weighted by Gasteiger charge is 2.42. The van der Waals surface area contributed by atoms with E-state index in [0.29, 0.717) is 18.7 Å². The smallest absolute Gasteiger partial charge is 0.254 e. The second kappa shape index (κ2) is 8.35. The summed E-state index contributed by atoms with van der Waals surface area (Å²) in [4.78, 5) is 29.5. The molecule has 10 heteroatoms. The quantitative estimate of drug-likeness (QED) is 0.669. The van der Waals surface area contributed by atoms with E-state index >= 15 is 0 Å². The molecule has 3 heterocycles. The molecule has 2 aromatic rings. The molecular weight excluding hydrogens is 446 g/mol. The Kier molecular flexibility index (Phi) is 5.49. The summed E-state index contributed by atoms with van der Waals surface area (Å²) in [6.45, 7) is 5.15. The molecule has 174 valence electrons. The Morgan fingerprint density at radius 2 is 1.79 bits per heavy atom. The third-order valence-corrected chi connectivity index (χ3v) is 8.06. The van der Waals surface area contributed by atoms with Gasteiger partial charge in [-0.05, 0) is 35.9 Å². The van der Waals surface area contributed by atoms with Gasteiger partial charge in [0.2, 0.25) is 22.7 Å². The van der Waals surface area contributed by atoms with Crippen LogP contribution >= 0.6 is 0 Å². The van der Waals surface area contributed by atoms with Gasteiger partial charge in [-0.1, -0.05) is 19.1 Å². The molecule has 1 unspecified atom stereocenters. The standard InChI is InChI=1S/C23H25N3O6S/c1-16-14-33(29,30)26(22(16)27)19-4-2-3-18(12-19)23(28)25-9-7-24(8-10-25)13-17-5-6-20-21(11-17)32-15-31-20/h2-6,11-12,16H,7-10,13-15H2,1H3. The topological polar surface area (TPSA) is 96.5 Å². The van der Waals surface area contributed by atoms with Crippen LogP contribution in [0.4, 0.5) is 5.69 Å². The zero-order valence-electron chi connectivity index (χ0n) is 18.3. The third kappa shape index (κ3) is 4.16. The molecule has 2 fully saturated rings. The number of benzene rings is 2. The normalized spacial score (nSPS) is 22.1. The number of hydrogen-bond acceptors (Lipinski definition) is 7. The van der Waals surface area contributed by atoms with E-state index in [1.807, 2.05) is 18.2 Å². The van der Waals surface area contributed by atoms with Crippen LogP contribution in [0.25, 0.3) is 0 Å². The molecule has 0 spiro atoms. The predicted molar refractivity (Wildman–Crippen MR) is 121 cm³/mol. The highest BCUT2D eigenvalue weighted by Crippen LogP contribution is 2.33. The largest absolute Gasteiger partial charge is 0.454 e. The number of sulfonamides is 1. The Morgan fingerprint density at radius 3 is 2.52 bits per heavy atom. The van der Waals surface area contributed by atoms with E-state index in [2.05, 4.69) is 4.90 Å². The van der Waals surface area contributed by atoms with Crippen molar-refractivity contribution >= 4 is 27.5 Å². The second-order valence-electron chi connectivity index (χ2n) is 8.59. The monoisotopic (exact) mass is 471 g/mol. The molecule has 1 atom stereocenters. The van der Waals surface area contributed by atoms with E-state index in [-0.39, 0.29) is 24.1 Å². The number of hydrogen-bond donors (Lipinski definition) is 0. The van der Waals surface area contributed by atoms with Crippen LogP contribution in [0.2, 0.25) is 0 Å². The summed E-state index contributed by atoms with van der Waals surface area (Å²) < 4.78 is 36.4. The molecule has 0 radical (unpaired) electrons. The number of ether oxygens (including phenoxy) is 2. The fourth-order valence-electron chi connectivity index (χ4n) is 4.44. The fraction of sp³-hybridized carbons (Fsp3) is 0.391. The maximum Gasteiger partial charge on any atom is 0.254 e. The predicted octanol–water partition coefficient (Wildman–Crippen LogP) is 1.69. The zero-order valence-corrected chi connectivity index (χ0v) is 19.1. The van der Waals surface area contributed by atoms with Gasteiger partial charge in [0.1, 0.15) is 0 Å². The first kappa shape index (κ1) is 21.7. The number of carbonyl (C=O) groups excluding carboxylic acids is 2. The first-order chi connectivity index (χ1) is 15.8. The molecule has 2 saturated heterocycles. The van der Waals surface area contributed by atoms with Crippen LogP contribution in [-0.2, 0) is 21.4 Å². The van der Waals surface area contributed by atoms with Gasteiger partial charge in [-0.2, -0.15) is 0 Å². The van der Waals surface area contributed by atoms with Crippen LogP contribution in [0.5, 0.6) is 11.5 Å². The lowest BCUT2D eigenvalue weighted by molar-refractivity contribution is -0.119. The van der Waals surface area contributed by atoms with Crippen molar-refractivity contribution < 1.29 is 27.5 Å². The van der Waals surface area contributed by atoms with Crippen molar-refractivity contribution in [3.8, 4) is 11.5 Å². The Morgan fingerprint density at radius 1 is 1.03 bits per heavy atom. The number of rotatable bonds is 4. The van der Waals surface area contributed by atoms with Gasteiger partial charge in [-0.25, -0.2) is 12.7 Å². The average Bonchev–Trinajstić information content (AvgIpc) is 3.34. The maximum absolute atomic E-state index is 13.1. The van der Waals surface area contributed by atoms with Crippen molar-refractivity contribution in [3.63, 3.8) is 0 Å². The number of anilines is 1. The zero-order chi connectivity index (χ0) is 23.2.